The van der Waals surface area contributed by atoms with Gasteiger partial charge in [-0.1, -0.05) is 45.0 Å². The lowest BCUT2D eigenvalue weighted by Gasteiger charge is -2.24. The van der Waals surface area contributed by atoms with Crippen LogP contribution in [0.2, 0.25) is 0 Å². The van der Waals surface area contributed by atoms with Gasteiger partial charge in [0.25, 0.3) is 0 Å². The number of hydrogen-bond acceptors (Lipinski definition) is 2. The van der Waals surface area contributed by atoms with E-state index in [9.17, 15) is 15.0 Å². The molecule has 0 aliphatic heterocycles. The Hall–Kier alpha value is -2.29. The molecular weight excluding hydrogens is 252 g/mol. The summed E-state index contributed by atoms with van der Waals surface area (Å²) in [5, 5.41) is 18.8. The number of benzene rings is 2. The largest absolute Gasteiger partial charge is 0.508 e. The van der Waals surface area contributed by atoms with Gasteiger partial charge in [0, 0.05) is 0 Å². The van der Waals surface area contributed by atoms with E-state index in [-0.39, 0.29) is 16.7 Å². The fraction of sp³-hybridized carbons (Fsp3) is 0.235. The van der Waals surface area contributed by atoms with E-state index < -0.39 is 5.97 Å². The van der Waals surface area contributed by atoms with Gasteiger partial charge in [-0.2, -0.15) is 0 Å². The second kappa shape index (κ2) is 5.00. The first kappa shape index (κ1) is 14.1. The summed E-state index contributed by atoms with van der Waals surface area (Å²) in [7, 11) is 0. The van der Waals surface area contributed by atoms with E-state index in [4.69, 9.17) is 0 Å². The first-order valence-corrected chi connectivity index (χ1v) is 6.47. The van der Waals surface area contributed by atoms with Gasteiger partial charge in [0.15, 0.2) is 0 Å². The average molecular weight is 270 g/mol. The normalized spacial score (nSPS) is 11.3. The van der Waals surface area contributed by atoms with E-state index in [0.29, 0.717) is 5.56 Å². The molecule has 0 aliphatic carbocycles. The minimum atomic E-state index is -0.945. The van der Waals surface area contributed by atoms with Gasteiger partial charge in [-0.15, -0.1) is 0 Å². The van der Waals surface area contributed by atoms with Crippen LogP contribution in [0.1, 0.15) is 36.7 Å². The number of phenols is 1. The standard InChI is InChI=1S/C17H18O3/c1-17(2,3)14-6-4-5-13(16(19)20)15(14)11-7-9-12(18)10-8-11/h4-10,18H,1-3H3,(H,19,20). The molecule has 0 spiro atoms. The number of carbonyl (C=O) groups is 1. The van der Waals surface area contributed by atoms with Gasteiger partial charge in [-0.25, -0.2) is 4.79 Å². The highest BCUT2D eigenvalue weighted by atomic mass is 16.4. The van der Waals surface area contributed by atoms with E-state index >= 15 is 0 Å². The molecule has 0 saturated heterocycles. The molecule has 2 rings (SSSR count). The third kappa shape index (κ3) is 2.67. The van der Waals surface area contributed by atoms with Crippen LogP contribution in [0.25, 0.3) is 11.1 Å². The topological polar surface area (TPSA) is 57.5 Å². The summed E-state index contributed by atoms with van der Waals surface area (Å²) in [6.45, 7) is 6.16. The predicted octanol–water partition coefficient (Wildman–Crippen LogP) is 4.05. The first-order chi connectivity index (χ1) is 9.30. The molecular formula is C17H18O3. The summed E-state index contributed by atoms with van der Waals surface area (Å²) in [5.74, 6) is -0.780. The van der Waals surface area contributed by atoms with E-state index in [1.54, 1.807) is 36.4 Å². The third-order valence-electron chi connectivity index (χ3n) is 3.26. The molecule has 0 bridgehead atoms. The smallest absolute Gasteiger partial charge is 0.336 e. The van der Waals surface area contributed by atoms with Gasteiger partial charge in [-0.05, 0) is 40.3 Å². The number of carboxylic acids is 1. The monoisotopic (exact) mass is 270 g/mol. The fourth-order valence-electron chi connectivity index (χ4n) is 2.29. The Kier molecular flexibility index (Phi) is 3.53. The highest BCUT2D eigenvalue weighted by Gasteiger charge is 2.23. The summed E-state index contributed by atoms with van der Waals surface area (Å²) >= 11 is 0. The number of hydrogen-bond donors (Lipinski definition) is 2. The fourth-order valence-corrected chi connectivity index (χ4v) is 2.29. The maximum absolute atomic E-state index is 11.5. The molecule has 3 nitrogen and oxygen atoms in total. The van der Waals surface area contributed by atoms with Crippen molar-refractivity contribution in [2.45, 2.75) is 26.2 Å². The van der Waals surface area contributed by atoms with Crippen molar-refractivity contribution in [3.05, 3.63) is 53.6 Å². The van der Waals surface area contributed by atoms with Gasteiger partial charge in [-0.3, -0.25) is 0 Å². The summed E-state index contributed by atoms with van der Waals surface area (Å²) in [6.07, 6.45) is 0. The Bertz CT molecular complexity index is 634. The van der Waals surface area contributed by atoms with Crippen LogP contribution in [-0.4, -0.2) is 16.2 Å². The molecule has 0 fully saturated rings. The molecule has 2 N–H and O–H groups in total. The van der Waals surface area contributed by atoms with Crippen molar-refractivity contribution < 1.29 is 15.0 Å². The lowest BCUT2D eigenvalue weighted by Crippen LogP contribution is -2.15. The van der Waals surface area contributed by atoms with Gasteiger partial charge < -0.3 is 10.2 Å². The van der Waals surface area contributed by atoms with Crippen molar-refractivity contribution in [2.75, 3.05) is 0 Å². The SMILES string of the molecule is CC(C)(C)c1cccc(C(=O)O)c1-c1ccc(O)cc1. The molecule has 2 aromatic rings. The molecule has 0 radical (unpaired) electrons. The molecule has 0 unspecified atom stereocenters. The number of aromatic carboxylic acids is 1. The van der Waals surface area contributed by atoms with E-state index in [2.05, 4.69) is 20.8 Å². The zero-order valence-electron chi connectivity index (χ0n) is 11.8. The molecule has 2 aromatic carbocycles. The quantitative estimate of drug-likeness (QED) is 0.865. The van der Waals surface area contributed by atoms with Crippen LogP contribution >= 0.6 is 0 Å². The molecule has 0 amide bonds. The van der Waals surface area contributed by atoms with Crippen LogP contribution < -0.4 is 0 Å². The van der Waals surface area contributed by atoms with Crippen LogP contribution in [0, 0.1) is 0 Å². The molecule has 0 heterocycles. The van der Waals surface area contributed by atoms with Crippen LogP contribution in [-0.2, 0) is 5.41 Å². The number of aromatic hydroxyl groups is 1. The van der Waals surface area contributed by atoms with Crippen molar-refractivity contribution in [3.8, 4) is 16.9 Å². The highest BCUT2D eigenvalue weighted by molar-refractivity contribution is 5.97. The Morgan fingerprint density at radius 3 is 2.10 bits per heavy atom. The predicted molar refractivity (Wildman–Crippen MR) is 79.2 cm³/mol. The zero-order chi connectivity index (χ0) is 14.9. The average Bonchev–Trinajstić information content (AvgIpc) is 2.37. The Morgan fingerprint density at radius 2 is 1.60 bits per heavy atom. The lowest BCUT2D eigenvalue weighted by molar-refractivity contribution is 0.0697. The van der Waals surface area contributed by atoms with Crippen molar-refractivity contribution in [2.24, 2.45) is 0 Å². The number of carboxylic acid groups (broad SMARTS) is 1. The molecule has 0 aromatic heterocycles. The van der Waals surface area contributed by atoms with Crippen molar-refractivity contribution in [3.63, 3.8) is 0 Å². The molecule has 0 atom stereocenters. The van der Waals surface area contributed by atoms with Crippen molar-refractivity contribution in [1.82, 2.24) is 0 Å². The molecule has 0 saturated carbocycles. The Morgan fingerprint density at radius 1 is 1.00 bits per heavy atom. The lowest BCUT2D eigenvalue weighted by atomic mass is 9.80. The van der Waals surface area contributed by atoms with Gasteiger partial charge in [0.05, 0.1) is 5.56 Å². The van der Waals surface area contributed by atoms with Crippen molar-refractivity contribution in [1.29, 1.82) is 0 Å². The van der Waals surface area contributed by atoms with Crippen LogP contribution in [0.15, 0.2) is 42.5 Å². The third-order valence-corrected chi connectivity index (χ3v) is 3.26. The summed E-state index contributed by atoms with van der Waals surface area (Å²) in [6, 6.07) is 12.0. The minimum absolute atomic E-state index is 0.166. The maximum atomic E-state index is 11.5. The Balaban J connectivity index is 2.76. The van der Waals surface area contributed by atoms with E-state index in [0.717, 1.165) is 11.1 Å². The van der Waals surface area contributed by atoms with Gasteiger partial charge in [0.2, 0.25) is 0 Å². The summed E-state index contributed by atoms with van der Waals surface area (Å²) < 4.78 is 0. The van der Waals surface area contributed by atoms with E-state index in [1.165, 1.54) is 0 Å². The molecule has 20 heavy (non-hydrogen) atoms. The highest BCUT2D eigenvalue weighted by Crippen LogP contribution is 2.36. The van der Waals surface area contributed by atoms with Gasteiger partial charge in [0.1, 0.15) is 5.75 Å². The number of rotatable bonds is 2. The molecule has 104 valence electrons. The van der Waals surface area contributed by atoms with Crippen LogP contribution in [0.3, 0.4) is 0 Å². The summed E-state index contributed by atoms with van der Waals surface area (Å²) in [5.41, 5.74) is 2.60. The van der Waals surface area contributed by atoms with Crippen molar-refractivity contribution >= 4 is 5.97 Å². The van der Waals surface area contributed by atoms with Crippen LogP contribution in [0.4, 0.5) is 0 Å². The number of phenolic OH excluding ortho intramolecular Hbond substituents is 1. The second-order valence-corrected chi connectivity index (χ2v) is 5.83. The van der Waals surface area contributed by atoms with E-state index in [1.807, 2.05) is 6.07 Å². The first-order valence-electron chi connectivity index (χ1n) is 6.47. The van der Waals surface area contributed by atoms with Gasteiger partial charge >= 0.3 is 5.97 Å². The molecule has 0 aliphatic rings. The Labute approximate surface area is 118 Å². The second-order valence-electron chi connectivity index (χ2n) is 5.83. The zero-order valence-corrected chi connectivity index (χ0v) is 11.8. The van der Waals surface area contributed by atoms with Crippen LogP contribution in [0.5, 0.6) is 5.75 Å². The minimum Gasteiger partial charge on any atom is -0.508 e. The molecule has 3 heteroatoms. The maximum Gasteiger partial charge on any atom is 0.336 e. The summed E-state index contributed by atoms with van der Waals surface area (Å²) in [4.78, 5) is 11.5.